The van der Waals surface area contributed by atoms with Crippen LogP contribution in [0.3, 0.4) is 0 Å². The molecule has 10 heteroatoms. The van der Waals surface area contributed by atoms with Gasteiger partial charge in [-0.25, -0.2) is 9.97 Å². The highest BCUT2D eigenvalue weighted by Crippen LogP contribution is 2.39. The van der Waals surface area contributed by atoms with Crippen molar-refractivity contribution >= 4 is 34.2 Å². The van der Waals surface area contributed by atoms with Crippen molar-refractivity contribution in [2.75, 3.05) is 29.9 Å². The maximum absolute atomic E-state index is 13.3. The van der Waals surface area contributed by atoms with Gasteiger partial charge in [0.2, 0.25) is 11.8 Å². The van der Waals surface area contributed by atoms with E-state index in [2.05, 4.69) is 14.9 Å². The molecular weight excluding hydrogens is 508 g/mol. The molecule has 4 aromatic rings. The number of rotatable bonds is 8. The van der Waals surface area contributed by atoms with E-state index in [1.54, 1.807) is 59.9 Å². The van der Waals surface area contributed by atoms with E-state index in [1.165, 1.54) is 6.33 Å². The van der Waals surface area contributed by atoms with Crippen LogP contribution in [-0.4, -0.2) is 51.4 Å². The second kappa shape index (κ2) is 10.7. The first-order valence-electron chi connectivity index (χ1n) is 13.4. The molecule has 0 radical (unpaired) electrons. The standard InChI is InChI=1S/C30H34N6O4/c1-6-36-24-8-7-21(14-25(24)33(5)28(38)30(3,4)29(36)39)17-34(18-22-15-31-19-32-16-22)11-12-35-10-9-26-23(27(35)37)13-20(2)40-26/h7-10,13-16,19H,6,11-12,17-18H2,1-5H3. The molecule has 0 fully saturated rings. The van der Waals surface area contributed by atoms with Crippen molar-refractivity contribution < 1.29 is 14.0 Å². The fourth-order valence-corrected chi connectivity index (χ4v) is 5.32. The highest BCUT2D eigenvalue weighted by molar-refractivity contribution is 6.19. The Bertz CT molecular complexity index is 1620. The number of hydrogen-bond donors (Lipinski definition) is 0. The molecule has 5 rings (SSSR count). The highest BCUT2D eigenvalue weighted by atomic mass is 16.3. The molecule has 40 heavy (non-hydrogen) atoms. The van der Waals surface area contributed by atoms with Crippen molar-refractivity contribution in [1.82, 2.24) is 19.4 Å². The molecule has 10 nitrogen and oxygen atoms in total. The summed E-state index contributed by atoms with van der Waals surface area (Å²) in [6, 6.07) is 9.48. The second-order valence-electron chi connectivity index (χ2n) is 10.8. The smallest absolute Gasteiger partial charge is 0.261 e. The summed E-state index contributed by atoms with van der Waals surface area (Å²) in [5, 5.41) is 0.569. The predicted octanol–water partition coefficient (Wildman–Crippen LogP) is 3.75. The van der Waals surface area contributed by atoms with Crippen LogP contribution >= 0.6 is 0 Å². The Labute approximate surface area is 232 Å². The molecule has 0 unspecified atom stereocenters. The molecule has 0 saturated carbocycles. The molecule has 0 spiro atoms. The normalized spacial score (nSPS) is 15.2. The topological polar surface area (TPSA) is 105 Å². The number of nitrogens with zero attached hydrogens (tertiary/aromatic N) is 6. The zero-order chi connectivity index (χ0) is 28.6. The molecule has 208 valence electrons. The van der Waals surface area contributed by atoms with E-state index in [0.29, 0.717) is 55.1 Å². The minimum atomic E-state index is -1.16. The van der Waals surface area contributed by atoms with E-state index >= 15 is 0 Å². The van der Waals surface area contributed by atoms with Crippen LogP contribution in [0.5, 0.6) is 0 Å². The van der Waals surface area contributed by atoms with E-state index in [0.717, 1.165) is 16.8 Å². The van der Waals surface area contributed by atoms with E-state index in [-0.39, 0.29) is 17.4 Å². The number of aryl methyl sites for hydroxylation is 1. The summed E-state index contributed by atoms with van der Waals surface area (Å²) in [7, 11) is 1.72. The molecule has 0 saturated heterocycles. The Balaban J connectivity index is 1.44. The zero-order valence-electron chi connectivity index (χ0n) is 23.5. The fraction of sp³-hybridized carbons (Fsp3) is 0.367. The number of aromatic nitrogens is 3. The third-order valence-corrected chi connectivity index (χ3v) is 7.49. The van der Waals surface area contributed by atoms with Crippen molar-refractivity contribution in [2.45, 2.75) is 47.3 Å². The molecule has 1 aliphatic heterocycles. The van der Waals surface area contributed by atoms with E-state index in [4.69, 9.17) is 4.42 Å². The number of carbonyl (C=O) groups is 2. The summed E-state index contributed by atoms with van der Waals surface area (Å²) in [5.74, 6) is 0.252. The average molecular weight is 543 g/mol. The Kier molecular flexibility index (Phi) is 7.29. The van der Waals surface area contributed by atoms with Gasteiger partial charge < -0.3 is 18.8 Å². The highest BCUT2D eigenvalue weighted by Gasteiger charge is 2.45. The van der Waals surface area contributed by atoms with Gasteiger partial charge in [0.05, 0.1) is 16.8 Å². The van der Waals surface area contributed by atoms with Crippen LogP contribution in [0.15, 0.2) is 64.5 Å². The van der Waals surface area contributed by atoms with Gasteiger partial charge in [-0.05, 0) is 57.5 Å². The van der Waals surface area contributed by atoms with Crippen LogP contribution < -0.4 is 15.4 Å². The molecule has 0 atom stereocenters. The number of benzene rings is 1. The van der Waals surface area contributed by atoms with Crippen LogP contribution in [0.4, 0.5) is 11.4 Å². The summed E-state index contributed by atoms with van der Waals surface area (Å²) in [6.07, 6.45) is 6.82. The van der Waals surface area contributed by atoms with Gasteiger partial charge in [-0.2, -0.15) is 0 Å². The quantitative estimate of drug-likeness (QED) is 0.312. The fourth-order valence-electron chi connectivity index (χ4n) is 5.32. The number of pyridine rings is 1. The van der Waals surface area contributed by atoms with Gasteiger partial charge >= 0.3 is 0 Å². The van der Waals surface area contributed by atoms with Crippen LogP contribution in [0.1, 0.15) is 37.7 Å². The van der Waals surface area contributed by atoms with Gasteiger partial charge in [0, 0.05) is 63.9 Å². The third-order valence-electron chi connectivity index (χ3n) is 7.49. The van der Waals surface area contributed by atoms with Crippen LogP contribution in [0.2, 0.25) is 0 Å². The van der Waals surface area contributed by atoms with Gasteiger partial charge in [0.25, 0.3) is 5.56 Å². The lowest BCUT2D eigenvalue weighted by Crippen LogP contribution is -2.47. The van der Waals surface area contributed by atoms with Crippen molar-refractivity contribution in [3.8, 4) is 0 Å². The molecule has 0 aliphatic carbocycles. The number of amides is 2. The minimum Gasteiger partial charge on any atom is -0.461 e. The molecule has 0 bridgehead atoms. The van der Waals surface area contributed by atoms with Gasteiger partial charge in [-0.1, -0.05) is 6.07 Å². The van der Waals surface area contributed by atoms with Gasteiger partial charge in [0.1, 0.15) is 23.1 Å². The predicted molar refractivity (Wildman–Crippen MR) is 153 cm³/mol. The SMILES string of the molecule is CCN1C(=O)C(C)(C)C(=O)N(C)c2cc(CN(CCn3ccc4oc(C)cc4c3=O)Cc3cncnc3)ccc21. The summed E-state index contributed by atoms with van der Waals surface area (Å²) in [5.41, 5.74) is 2.68. The number of fused-ring (bicyclic) bond motifs is 2. The van der Waals surface area contributed by atoms with Crippen molar-refractivity contribution in [1.29, 1.82) is 0 Å². The van der Waals surface area contributed by atoms with Crippen LogP contribution in [0, 0.1) is 12.3 Å². The summed E-state index contributed by atoms with van der Waals surface area (Å²) in [4.78, 5) is 53.4. The number of furan rings is 1. The minimum absolute atomic E-state index is 0.0885. The Morgan fingerprint density at radius 3 is 2.40 bits per heavy atom. The molecule has 1 aromatic carbocycles. The van der Waals surface area contributed by atoms with Gasteiger partial charge in [-0.3, -0.25) is 19.3 Å². The van der Waals surface area contributed by atoms with E-state index < -0.39 is 5.41 Å². The van der Waals surface area contributed by atoms with Crippen LogP contribution in [0.25, 0.3) is 11.0 Å². The van der Waals surface area contributed by atoms with Crippen molar-refractivity contribution in [3.63, 3.8) is 0 Å². The third kappa shape index (κ3) is 5.02. The molecule has 2 amide bonds. The van der Waals surface area contributed by atoms with E-state index in [9.17, 15) is 14.4 Å². The lowest BCUT2D eigenvalue weighted by atomic mass is 9.90. The van der Waals surface area contributed by atoms with Crippen LogP contribution in [-0.2, 0) is 29.2 Å². The summed E-state index contributed by atoms with van der Waals surface area (Å²) in [6.45, 7) is 9.74. The first-order chi connectivity index (χ1) is 19.1. The summed E-state index contributed by atoms with van der Waals surface area (Å²) >= 11 is 0. The average Bonchev–Trinajstić information content (AvgIpc) is 3.32. The lowest BCUT2D eigenvalue weighted by Gasteiger charge is -2.27. The monoisotopic (exact) mass is 542 g/mol. The maximum Gasteiger partial charge on any atom is 0.261 e. The van der Waals surface area contributed by atoms with E-state index in [1.807, 2.05) is 38.1 Å². The Hall–Kier alpha value is -4.31. The Morgan fingerprint density at radius 1 is 0.950 bits per heavy atom. The number of anilines is 2. The molecule has 0 N–H and O–H groups in total. The number of carbonyl (C=O) groups excluding carboxylic acids is 2. The zero-order valence-corrected chi connectivity index (χ0v) is 23.5. The first-order valence-corrected chi connectivity index (χ1v) is 13.4. The summed E-state index contributed by atoms with van der Waals surface area (Å²) < 4.78 is 7.30. The molecule has 4 heterocycles. The molecular formula is C30H34N6O4. The second-order valence-corrected chi connectivity index (χ2v) is 10.8. The van der Waals surface area contributed by atoms with Crippen molar-refractivity contribution in [3.05, 3.63) is 82.5 Å². The first kappa shape index (κ1) is 27.3. The number of hydrogen-bond acceptors (Lipinski definition) is 7. The van der Waals surface area contributed by atoms with Gasteiger partial charge in [0.15, 0.2) is 0 Å². The van der Waals surface area contributed by atoms with Crippen molar-refractivity contribution in [2.24, 2.45) is 5.41 Å². The molecule has 1 aliphatic rings. The van der Waals surface area contributed by atoms with Gasteiger partial charge in [-0.15, -0.1) is 0 Å². The Morgan fingerprint density at radius 2 is 1.68 bits per heavy atom. The maximum atomic E-state index is 13.3. The lowest BCUT2D eigenvalue weighted by molar-refractivity contribution is -0.137. The molecule has 3 aromatic heterocycles. The largest absolute Gasteiger partial charge is 0.461 e.